The van der Waals surface area contributed by atoms with Gasteiger partial charge in [0.25, 0.3) is 0 Å². The smallest absolute Gasteiger partial charge is 0.138 e. The molecule has 0 radical (unpaired) electrons. The van der Waals surface area contributed by atoms with E-state index in [0.717, 1.165) is 58.1 Å². The first kappa shape index (κ1) is 25.9. The summed E-state index contributed by atoms with van der Waals surface area (Å²) in [5.41, 5.74) is 6.48. The van der Waals surface area contributed by atoms with Gasteiger partial charge in [-0.3, -0.25) is 9.67 Å². The molecule has 0 unspecified atom stereocenters. The highest BCUT2D eigenvalue weighted by atomic mass is 15.3. The molecule has 1 aliphatic heterocycles. The zero-order valence-corrected chi connectivity index (χ0v) is 23.6. The fourth-order valence-corrected chi connectivity index (χ4v) is 6.27. The van der Waals surface area contributed by atoms with Crippen LogP contribution in [-0.2, 0) is 5.54 Å². The fraction of sp³-hybridized carbons (Fsp3) is 0.162. The number of piperidine rings is 1. The average Bonchev–Trinajstić information content (AvgIpc) is 3.53. The number of anilines is 1. The van der Waals surface area contributed by atoms with Gasteiger partial charge in [0.05, 0.1) is 5.69 Å². The third-order valence-electron chi connectivity index (χ3n) is 8.28. The summed E-state index contributed by atoms with van der Waals surface area (Å²) in [6.07, 6.45) is 9.66. The highest BCUT2D eigenvalue weighted by Crippen LogP contribution is 2.43. The second kappa shape index (κ2) is 11.5. The molecule has 1 saturated heterocycles. The maximum Gasteiger partial charge on any atom is 0.138 e. The van der Waals surface area contributed by atoms with E-state index in [4.69, 9.17) is 15.1 Å². The van der Waals surface area contributed by atoms with Crippen molar-refractivity contribution in [3.8, 4) is 22.5 Å². The molecular formula is C37H33N5. The van der Waals surface area contributed by atoms with E-state index in [1.807, 2.05) is 30.6 Å². The molecule has 0 saturated carbocycles. The van der Waals surface area contributed by atoms with Crippen LogP contribution in [0.2, 0.25) is 0 Å². The molecule has 0 bridgehead atoms. The second-order valence-corrected chi connectivity index (χ2v) is 10.8. The second-order valence-electron chi connectivity index (χ2n) is 10.8. The first-order chi connectivity index (χ1) is 20.8. The minimum atomic E-state index is -0.714. The number of hydrogen-bond donors (Lipinski definition) is 0. The quantitative estimate of drug-likeness (QED) is 0.191. The van der Waals surface area contributed by atoms with Gasteiger partial charge in [-0.05, 0) is 65.8 Å². The molecule has 0 N–H and O–H groups in total. The Labute approximate surface area is 247 Å². The van der Waals surface area contributed by atoms with Gasteiger partial charge in [-0.2, -0.15) is 5.10 Å². The van der Waals surface area contributed by atoms with Gasteiger partial charge >= 0.3 is 0 Å². The molecule has 1 aliphatic rings. The summed E-state index contributed by atoms with van der Waals surface area (Å²) in [5, 5.41) is 5.42. The van der Waals surface area contributed by atoms with Crippen LogP contribution in [0.5, 0.6) is 0 Å². The van der Waals surface area contributed by atoms with Crippen LogP contribution in [-0.4, -0.2) is 32.8 Å². The van der Waals surface area contributed by atoms with Crippen LogP contribution in [0, 0.1) is 0 Å². The van der Waals surface area contributed by atoms with Crippen molar-refractivity contribution in [2.45, 2.75) is 24.8 Å². The largest absolute Gasteiger partial charge is 0.357 e. The summed E-state index contributed by atoms with van der Waals surface area (Å²) >= 11 is 0. The zero-order chi connectivity index (χ0) is 28.2. The van der Waals surface area contributed by atoms with Gasteiger partial charge in [0.15, 0.2) is 0 Å². The van der Waals surface area contributed by atoms with E-state index in [1.54, 1.807) is 0 Å². The number of nitrogens with zero attached hydrogens (tertiary/aromatic N) is 5. The molecule has 5 heteroatoms. The zero-order valence-electron chi connectivity index (χ0n) is 23.6. The SMILES string of the molecule is c1ccc(C(c2ccccc2)(c2ccccc2)n2cc(-c3ccnc(N4CCCCC4)c3)c(-c3ccccn3)n2)cc1. The number of hydrogen-bond acceptors (Lipinski definition) is 4. The van der Waals surface area contributed by atoms with Crippen LogP contribution in [0.3, 0.4) is 0 Å². The van der Waals surface area contributed by atoms with E-state index >= 15 is 0 Å². The van der Waals surface area contributed by atoms with Crippen molar-refractivity contribution in [1.82, 2.24) is 19.7 Å². The van der Waals surface area contributed by atoms with E-state index in [0.29, 0.717) is 0 Å². The van der Waals surface area contributed by atoms with Gasteiger partial charge < -0.3 is 4.90 Å². The Morgan fingerprint density at radius 1 is 0.571 bits per heavy atom. The highest BCUT2D eigenvalue weighted by Gasteiger charge is 2.40. The van der Waals surface area contributed by atoms with E-state index in [-0.39, 0.29) is 0 Å². The summed E-state index contributed by atoms with van der Waals surface area (Å²) in [6, 6.07) is 42.3. The predicted molar refractivity (Wildman–Crippen MR) is 169 cm³/mol. The van der Waals surface area contributed by atoms with Crippen molar-refractivity contribution in [2.75, 3.05) is 18.0 Å². The Bertz CT molecular complexity index is 1650. The lowest BCUT2D eigenvalue weighted by molar-refractivity contribution is 0.461. The normalized spacial score (nSPS) is 13.7. The van der Waals surface area contributed by atoms with Crippen LogP contribution in [0.25, 0.3) is 22.5 Å². The fourth-order valence-electron chi connectivity index (χ4n) is 6.27. The number of aromatic nitrogens is 4. The Morgan fingerprint density at radius 3 is 1.74 bits per heavy atom. The van der Waals surface area contributed by atoms with Crippen molar-refractivity contribution < 1.29 is 0 Å². The van der Waals surface area contributed by atoms with Gasteiger partial charge in [0.1, 0.15) is 17.1 Å². The minimum Gasteiger partial charge on any atom is -0.357 e. The average molecular weight is 548 g/mol. The molecule has 1 fully saturated rings. The predicted octanol–water partition coefficient (Wildman–Crippen LogP) is 7.84. The molecular weight excluding hydrogens is 514 g/mol. The van der Waals surface area contributed by atoms with Gasteiger partial charge in [-0.1, -0.05) is 97.1 Å². The van der Waals surface area contributed by atoms with Crippen molar-refractivity contribution in [2.24, 2.45) is 0 Å². The van der Waals surface area contributed by atoms with Gasteiger partial charge in [-0.15, -0.1) is 0 Å². The third kappa shape index (κ3) is 4.67. The van der Waals surface area contributed by atoms with Crippen LogP contribution in [0.4, 0.5) is 5.82 Å². The lowest BCUT2D eigenvalue weighted by Gasteiger charge is -2.36. The van der Waals surface area contributed by atoms with Crippen LogP contribution >= 0.6 is 0 Å². The van der Waals surface area contributed by atoms with E-state index in [9.17, 15) is 0 Å². The minimum absolute atomic E-state index is 0.714. The first-order valence-corrected chi connectivity index (χ1v) is 14.7. The Morgan fingerprint density at radius 2 is 1.17 bits per heavy atom. The Balaban J connectivity index is 1.51. The van der Waals surface area contributed by atoms with Crippen LogP contribution in [0.1, 0.15) is 36.0 Å². The van der Waals surface area contributed by atoms with Crippen molar-refractivity contribution in [3.63, 3.8) is 0 Å². The van der Waals surface area contributed by atoms with Crippen molar-refractivity contribution in [3.05, 3.63) is 157 Å². The maximum atomic E-state index is 5.42. The highest BCUT2D eigenvalue weighted by molar-refractivity contribution is 5.80. The third-order valence-corrected chi connectivity index (χ3v) is 8.28. The first-order valence-electron chi connectivity index (χ1n) is 14.7. The van der Waals surface area contributed by atoms with Crippen molar-refractivity contribution >= 4 is 5.82 Å². The molecule has 7 rings (SSSR count). The molecule has 0 aliphatic carbocycles. The Kier molecular flexibility index (Phi) is 7.07. The molecule has 42 heavy (non-hydrogen) atoms. The van der Waals surface area contributed by atoms with Gasteiger partial charge in [-0.25, -0.2) is 4.98 Å². The summed E-state index contributed by atoms with van der Waals surface area (Å²) in [6.45, 7) is 2.09. The molecule has 0 atom stereocenters. The molecule has 5 nitrogen and oxygen atoms in total. The molecule has 206 valence electrons. The molecule has 6 aromatic rings. The molecule has 3 aromatic heterocycles. The standard InChI is InChI=1S/C37H33N5/c1-5-15-30(16-6-1)37(31-17-7-2-8-18-31,32-19-9-3-10-20-32)42-28-33(36(40-42)34-21-11-12-23-38-34)29-22-24-39-35(27-29)41-25-13-4-14-26-41/h1-3,5-12,15-24,27-28H,4,13-14,25-26H2. The van der Waals surface area contributed by atoms with Crippen LogP contribution < -0.4 is 4.90 Å². The van der Waals surface area contributed by atoms with E-state index in [2.05, 4.69) is 119 Å². The van der Waals surface area contributed by atoms with Crippen molar-refractivity contribution in [1.29, 1.82) is 0 Å². The van der Waals surface area contributed by atoms with Gasteiger partial charge in [0, 0.05) is 37.2 Å². The maximum absolute atomic E-state index is 5.42. The molecule has 4 heterocycles. The summed E-state index contributed by atoms with van der Waals surface area (Å²) in [5.74, 6) is 1.02. The summed E-state index contributed by atoms with van der Waals surface area (Å²) < 4.78 is 2.15. The number of pyridine rings is 2. The Hall–Kier alpha value is -5.03. The number of benzene rings is 3. The number of rotatable bonds is 7. The molecule has 3 aromatic carbocycles. The summed E-state index contributed by atoms with van der Waals surface area (Å²) in [7, 11) is 0. The molecule has 0 amide bonds. The summed E-state index contributed by atoms with van der Waals surface area (Å²) in [4.78, 5) is 11.9. The monoisotopic (exact) mass is 547 g/mol. The van der Waals surface area contributed by atoms with E-state index in [1.165, 1.54) is 19.3 Å². The van der Waals surface area contributed by atoms with E-state index < -0.39 is 5.54 Å². The van der Waals surface area contributed by atoms with Crippen LogP contribution in [0.15, 0.2) is 140 Å². The lowest BCUT2D eigenvalue weighted by atomic mass is 9.77. The molecule has 0 spiro atoms. The lowest BCUT2D eigenvalue weighted by Crippen LogP contribution is -2.38. The topological polar surface area (TPSA) is 46.8 Å². The van der Waals surface area contributed by atoms with Gasteiger partial charge in [0.2, 0.25) is 0 Å².